The number of aliphatic carboxylic acids is 1. The molecule has 1 aliphatic heterocycles. The standard InChI is InChI=1S/C14H15NO4/c1-8-9(2)13(17)15(12(8)16)11(14(18)19)10-6-4-3-5-7-10/h3-9,11H,1-2H3,(H,18,19). The van der Waals surface area contributed by atoms with Crippen LogP contribution in [-0.2, 0) is 14.4 Å². The molecule has 3 atom stereocenters. The lowest BCUT2D eigenvalue weighted by atomic mass is 10.00. The van der Waals surface area contributed by atoms with Gasteiger partial charge in [0.1, 0.15) is 0 Å². The maximum atomic E-state index is 12.1. The molecule has 1 aromatic rings. The summed E-state index contributed by atoms with van der Waals surface area (Å²) in [6.07, 6.45) is 0. The van der Waals surface area contributed by atoms with Crippen molar-refractivity contribution < 1.29 is 19.5 Å². The van der Waals surface area contributed by atoms with E-state index in [0.717, 1.165) is 4.90 Å². The molecule has 0 saturated carbocycles. The molecule has 1 fully saturated rings. The molecule has 100 valence electrons. The van der Waals surface area contributed by atoms with Gasteiger partial charge in [0, 0.05) is 11.8 Å². The Morgan fingerprint density at radius 3 is 2.00 bits per heavy atom. The second-order valence-electron chi connectivity index (χ2n) is 4.78. The van der Waals surface area contributed by atoms with Gasteiger partial charge >= 0.3 is 5.97 Å². The van der Waals surface area contributed by atoms with E-state index in [1.807, 2.05) is 0 Å². The molecular formula is C14H15NO4. The minimum Gasteiger partial charge on any atom is -0.479 e. The normalized spacial score (nSPS) is 24.6. The number of likely N-dealkylation sites (tertiary alicyclic amines) is 1. The minimum atomic E-state index is -1.24. The molecule has 1 aliphatic rings. The van der Waals surface area contributed by atoms with E-state index in [9.17, 15) is 19.5 Å². The van der Waals surface area contributed by atoms with Crippen LogP contribution in [0.2, 0.25) is 0 Å². The zero-order valence-corrected chi connectivity index (χ0v) is 10.7. The van der Waals surface area contributed by atoms with Crippen molar-refractivity contribution in [3.05, 3.63) is 35.9 Å². The highest BCUT2D eigenvalue weighted by molar-refractivity contribution is 6.07. The highest BCUT2D eigenvalue weighted by atomic mass is 16.4. The third-order valence-electron chi connectivity index (χ3n) is 3.61. The first kappa shape index (κ1) is 13.3. The van der Waals surface area contributed by atoms with Crippen molar-refractivity contribution in [3.63, 3.8) is 0 Å². The van der Waals surface area contributed by atoms with Crippen LogP contribution in [0.4, 0.5) is 0 Å². The Bertz CT molecular complexity index is 506. The first-order valence-corrected chi connectivity index (χ1v) is 6.09. The summed E-state index contributed by atoms with van der Waals surface area (Å²) >= 11 is 0. The quantitative estimate of drug-likeness (QED) is 0.836. The predicted molar refractivity (Wildman–Crippen MR) is 67.0 cm³/mol. The van der Waals surface area contributed by atoms with Crippen LogP contribution in [0.15, 0.2) is 30.3 Å². The topological polar surface area (TPSA) is 74.7 Å². The molecule has 2 rings (SSSR count). The minimum absolute atomic E-state index is 0.422. The number of hydrogen-bond acceptors (Lipinski definition) is 3. The first-order chi connectivity index (χ1) is 8.95. The highest BCUT2D eigenvalue weighted by Crippen LogP contribution is 2.33. The average molecular weight is 261 g/mol. The van der Waals surface area contributed by atoms with E-state index < -0.39 is 35.7 Å². The summed E-state index contributed by atoms with van der Waals surface area (Å²) in [5, 5.41) is 9.35. The van der Waals surface area contributed by atoms with E-state index >= 15 is 0 Å². The summed E-state index contributed by atoms with van der Waals surface area (Å²) < 4.78 is 0. The lowest BCUT2D eigenvalue weighted by molar-refractivity contribution is -0.155. The molecule has 5 heteroatoms. The number of carboxylic acid groups (broad SMARTS) is 1. The van der Waals surface area contributed by atoms with Gasteiger partial charge in [-0.2, -0.15) is 0 Å². The zero-order valence-electron chi connectivity index (χ0n) is 10.7. The summed E-state index contributed by atoms with van der Waals surface area (Å²) in [7, 11) is 0. The number of hydrogen-bond donors (Lipinski definition) is 1. The Balaban J connectivity index is 2.44. The van der Waals surface area contributed by atoms with E-state index in [-0.39, 0.29) is 0 Å². The van der Waals surface area contributed by atoms with Crippen LogP contribution in [0.3, 0.4) is 0 Å². The largest absolute Gasteiger partial charge is 0.479 e. The molecule has 0 bridgehead atoms. The molecule has 0 radical (unpaired) electrons. The maximum absolute atomic E-state index is 12.1. The Kier molecular flexibility index (Phi) is 3.38. The molecule has 1 saturated heterocycles. The SMILES string of the molecule is CC1C(=O)N(C(C(=O)O)c2ccccc2)C(=O)C1C. The third kappa shape index (κ3) is 2.12. The first-order valence-electron chi connectivity index (χ1n) is 6.09. The van der Waals surface area contributed by atoms with Crippen molar-refractivity contribution in [1.82, 2.24) is 4.90 Å². The van der Waals surface area contributed by atoms with Gasteiger partial charge in [-0.1, -0.05) is 44.2 Å². The van der Waals surface area contributed by atoms with Crippen molar-refractivity contribution in [2.75, 3.05) is 0 Å². The van der Waals surface area contributed by atoms with Crippen LogP contribution in [0.25, 0.3) is 0 Å². The van der Waals surface area contributed by atoms with Gasteiger partial charge in [0.05, 0.1) is 0 Å². The molecule has 1 N–H and O–H groups in total. The lowest BCUT2D eigenvalue weighted by Crippen LogP contribution is -2.39. The van der Waals surface area contributed by atoms with Crippen molar-refractivity contribution >= 4 is 17.8 Å². The smallest absolute Gasteiger partial charge is 0.331 e. The van der Waals surface area contributed by atoms with Crippen molar-refractivity contribution in [2.45, 2.75) is 19.9 Å². The molecule has 0 aliphatic carbocycles. The number of amides is 2. The van der Waals surface area contributed by atoms with Gasteiger partial charge in [-0.05, 0) is 5.56 Å². The number of rotatable bonds is 3. The van der Waals surface area contributed by atoms with Gasteiger partial charge in [-0.3, -0.25) is 14.5 Å². The fourth-order valence-corrected chi connectivity index (χ4v) is 2.27. The molecule has 1 aromatic carbocycles. The molecule has 0 spiro atoms. The summed E-state index contributed by atoms with van der Waals surface area (Å²) in [5.41, 5.74) is 0.429. The third-order valence-corrected chi connectivity index (χ3v) is 3.61. The molecule has 5 nitrogen and oxygen atoms in total. The Morgan fingerprint density at radius 2 is 1.58 bits per heavy atom. The average Bonchev–Trinajstić information content (AvgIpc) is 2.58. The molecule has 0 aromatic heterocycles. The van der Waals surface area contributed by atoms with E-state index in [0.29, 0.717) is 5.56 Å². The van der Waals surface area contributed by atoms with Crippen LogP contribution in [0, 0.1) is 11.8 Å². The number of nitrogens with zero attached hydrogens (tertiary/aromatic N) is 1. The van der Waals surface area contributed by atoms with Crippen molar-refractivity contribution in [3.8, 4) is 0 Å². The van der Waals surface area contributed by atoms with Crippen LogP contribution in [-0.4, -0.2) is 27.8 Å². The molecule has 1 heterocycles. The molecule has 3 unspecified atom stereocenters. The van der Waals surface area contributed by atoms with Crippen molar-refractivity contribution in [1.29, 1.82) is 0 Å². The monoisotopic (exact) mass is 261 g/mol. The number of carbonyl (C=O) groups is 3. The van der Waals surface area contributed by atoms with E-state index in [1.165, 1.54) is 0 Å². The Morgan fingerprint density at radius 1 is 1.11 bits per heavy atom. The fourth-order valence-electron chi connectivity index (χ4n) is 2.27. The van der Waals surface area contributed by atoms with Crippen LogP contribution in [0.1, 0.15) is 25.5 Å². The van der Waals surface area contributed by atoms with Gasteiger partial charge in [-0.25, -0.2) is 4.79 Å². The second kappa shape index (κ2) is 4.84. The lowest BCUT2D eigenvalue weighted by Gasteiger charge is -2.23. The van der Waals surface area contributed by atoms with Gasteiger partial charge in [-0.15, -0.1) is 0 Å². The predicted octanol–water partition coefficient (Wildman–Crippen LogP) is 1.45. The van der Waals surface area contributed by atoms with Crippen LogP contribution in [0.5, 0.6) is 0 Å². The number of carboxylic acids is 1. The second-order valence-corrected chi connectivity index (χ2v) is 4.78. The van der Waals surface area contributed by atoms with Gasteiger partial charge < -0.3 is 5.11 Å². The van der Waals surface area contributed by atoms with Crippen LogP contribution < -0.4 is 0 Å². The zero-order chi connectivity index (χ0) is 14.2. The Hall–Kier alpha value is -2.17. The van der Waals surface area contributed by atoms with E-state index in [4.69, 9.17) is 0 Å². The van der Waals surface area contributed by atoms with E-state index in [2.05, 4.69) is 0 Å². The summed E-state index contributed by atoms with van der Waals surface area (Å²) in [6, 6.07) is 7.08. The summed E-state index contributed by atoms with van der Waals surface area (Å²) in [4.78, 5) is 36.5. The van der Waals surface area contributed by atoms with Gasteiger partial charge in [0.2, 0.25) is 11.8 Å². The maximum Gasteiger partial charge on any atom is 0.331 e. The fraction of sp³-hybridized carbons (Fsp3) is 0.357. The van der Waals surface area contributed by atoms with Crippen molar-refractivity contribution in [2.24, 2.45) is 11.8 Å². The summed E-state index contributed by atoms with van der Waals surface area (Å²) in [5.74, 6) is -2.99. The highest BCUT2D eigenvalue weighted by Gasteiger charge is 2.48. The molecule has 19 heavy (non-hydrogen) atoms. The number of benzene rings is 1. The van der Waals surface area contributed by atoms with Gasteiger partial charge in [0.15, 0.2) is 6.04 Å². The van der Waals surface area contributed by atoms with Crippen LogP contribution >= 0.6 is 0 Å². The number of carbonyl (C=O) groups excluding carboxylic acids is 2. The van der Waals surface area contributed by atoms with E-state index in [1.54, 1.807) is 44.2 Å². The molecule has 2 amide bonds. The number of imide groups is 1. The molecular weight excluding hydrogens is 246 g/mol. The summed E-state index contributed by atoms with van der Waals surface area (Å²) in [6.45, 7) is 3.30. The Labute approximate surface area is 110 Å². The van der Waals surface area contributed by atoms with Gasteiger partial charge in [0.25, 0.3) is 0 Å².